The minimum Gasteiger partial charge on any atom is -0.354 e. The fourth-order valence-corrected chi connectivity index (χ4v) is 4.04. The van der Waals surface area contributed by atoms with E-state index in [9.17, 15) is 13.2 Å². The molecule has 1 unspecified atom stereocenters. The van der Waals surface area contributed by atoms with E-state index in [1.807, 2.05) is 25.1 Å². The molecule has 0 bridgehead atoms. The van der Waals surface area contributed by atoms with Crippen LogP contribution >= 0.6 is 11.6 Å². The Balaban J connectivity index is 1.74. The molecule has 0 fully saturated rings. The molecular weight excluding hydrogens is 372 g/mol. The quantitative estimate of drug-likeness (QED) is 0.686. The number of amides is 1. The van der Waals surface area contributed by atoms with E-state index in [1.165, 1.54) is 17.7 Å². The minimum atomic E-state index is -3.72. The lowest BCUT2D eigenvalue weighted by Gasteiger charge is -2.14. The van der Waals surface area contributed by atoms with Crippen LogP contribution in [0.1, 0.15) is 25.3 Å². The average Bonchev–Trinajstić information content (AvgIpc) is 2.61. The van der Waals surface area contributed by atoms with Gasteiger partial charge in [-0.25, -0.2) is 13.1 Å². The van der Waals surface area contributed by atoms with Crippen molar-refractivity contribution in [1.29, 1.82) is 0 Å². The molecule has 0 heterocycles. The molecule has 2 aromatic rings. The second kappa shape index (κ2) is 9.71. The molecule has 0 saturated heterocycles. The third kappa shape index (κ3) is 6.44. The summed E-state index contributed by atoms with van der Waals surface area (Å²) in [5.74, 6) is -0.188. The van der Waals surface area contributed by atoms with E-state index < -0.39 is 10.0 Å². The van der Waals surface area contributed by atoms with Crippen molar-refractivity contribution < 1.29 is 13.2 Å². The largest absolute Gasteiger partial charge is 0.354 e. The molecule has 2 N–H and O–H groups in total. The number of hydrogen-bond donors (Lipinski definition) is 2. The van der Waals surface area contributed by atoms with E-state index in [4.69, 9.17) is 11.6 Å². The lowest BCUT2D eigenvalue weighted by atomic mass is 10.1. The molecule has 1 amide bonds. The molecule has 0 aliphatic carbocycles. The second-order valence-corrected chi connectivity index (χ2v) is 8.21. The van der Waals surface area contributed by atoms with Crippen molar-refractivity contribution in [2.75, 3.05) is 6.54 Å². The normalized spacial score (nSPS) is 12.5. The highest BCUT2D eigenvalue weighted by atomic mass is 35.5. The van der Waals surface area contributed by atoms with Gasteiger partial charge in [-0.1, -0.05) is 54.1 Å². The molecule has 2 rings (SSSR count). The van der Waals surface area contributed by atoms with Crippen molar-refractivity contribution in [2.45, 2.75) is 37.1 Å². The van der Waals surface area contributed by atoms with E-state index in [1.54, 1.807) is 12.1 Å². The molecule has 140 valence electrons. The van der Waals surface area contributed by atoms with Crippen molar-refractivity contribution in [3.63, 3.8) is 0 Å². The van der Waals surface area contributed by atoms with Crippen LogP contribution in [-0.2, 0) is 21.2 Å². The first-order valence-electron chi connectivity index (χ1n) is 8.46. The third-order valence-corrected chi connectivity index (χ3v) is 5.85. The third-order valence-electron chi connectivity index (χ3n) is 3.89. The predicted octanol–water partition coefficient (Wildman–Crippen LogP) is 3.15. The molecule has 5 nitrogen and oxygen atoms in total. The standard InChI is InChI=1S/C19H23ClN2O3S/c1-15(11-12-16-7-3-2-4-8-16)22-19(23)13-14-21-26(24,25)18-10-6-5-9-17(18)20/h2-10,15,21H,11-14H2,1H3,(H,22,23). The molecule has 7 heteroatoms. The second-order valence-electron chi connectivity index (χ2n) is 6.07. The maximum atomic E-state index is 12.2. The van der Waals surface area contributed by atoms with Crippen LogP contribution in [0.4, 0.5) is 0 Å². The van der Waals surface area contributed by atoms with Gasteiger partial charge >= 0.3 is 0 Å². The highest BCUT2D eigenvalue weighted by Crippen LogP contribution is 2.19. The topological polar surface area (TPSA) is 75.3 Å². The molecule has 0 spiro atoms. The van der Waals surface area contributed by atoms with Gasteiger partial charge in [0.1, 0.15) is 4.90 Å². The van der Waals surface area contributed by atoms with Gasteiger partial charge in [-0.2, -0.15) is 0 Å². The van der Waals surface area contributed by atoms with Gasteiger partial charge in [0.25, 0.3) is 0 Å². The molecule has 0 radical (unpaired) electrons. The molecule has 0 aliphatic heterocycles. The van der Waals surface area contributed by atoms with Crippen molar-refractivity contribution in [3.8, 4) is 0 Å². The van der Waals surface area contributed by atoms with Crippen LogP contribution in [0.5, 0.6) is 0 Å². The summed E-state index contributed by atoms with van der Waals surface area (Å²) < 4.78 is 26.8. The lowest BCUT2D eigenvalue weighted by molar-refractivity contribution is -0.121. The van der Waals surface area contributed by atoms with E-state index >= 15 is 0 Å². The van der Waals surface area contributed by atoms with Gasteiger partial charge in [0.15, 0.2) is 0 Å². The summed E-state index contributed by atoms with van der Waals surface area (Å²) in [6.45, 7) is 1.96. The molecule has 2 aromatic carbocycles. The maximum Gasteiger partial charge on any atom is 0.242 e. The van der Waals surface area contributed by atoms with Gasteiger partial charge in [0, 0.05) is 19.0 Å². The summed E-state index contributed by atoms with van der Waals surface area (Å²) in [6.07, 6.45) is 1.77. The van der Waals surface area contributed by atoms with Crippen LogP contribution in [0.3, 0.4) is 0 Å². The Hall–Kier alpha value is -1.89. The van der Waals surface area contributed by atoms with E-state index in [-0.39, 0.29) is 34.8 Å². The summed E-state index contributed by atoms with van der Waals surface area (Å²) in [5, 5.41) is 3.04. The Bertz CT molecular complexity index is 826. The smallest absolute Gasteiger partial charge is 0.242 e. The molecule has 0 aromatic heterocycles. The number of carbonyl (C=O) groups excluding carboxylic acids is 1. The number of benzene rings is 2. The molecule has 1 atom stereocenters. The summed E-state index contributed by atoms with van der Waals surface area (Å²) in [6, 6.07) is 16.3. The summed E-state index contributed by atoms with van der Waals surface area (Å²) in [4.78, 5) is 12.0. The van der Waals surface area contributed by atoms with Gasteiger partial charge in [0.05, 0.1) is 5.02 Å². The monoisotopic (exact) mass is 394 g/mol. The van der Waals surface area contributed by atoms with E-state index in [0.29, 0.717) is 0 Å². The fraction of sp³-hybridized carbons (Fsp3) is 0.316. The number of hydrogen-bond acceptors (Lipinski definition) is 3. The Morgan fingerprint density at radius 3 is 2.42 bits per heavy atom. The van der Waals surface area contributed by atoms with Gasteiger partial charge in [-0.15, -0.1) is 0 Å². The van der Waals surface area contributed by atoms with E-state index in [2.05, 4.69) is 22.2 Å². The molecule has 0 aliphatic rings. The molecular formula is C19H23ClN2O3S. The van der Waals surface area contributed by atoms with Gasteiger partial charge < -0.3 is 5.32 Å². The predicted molar refractivity (Wildman–Crippen MR) is 104 cm³/mol. The number of sulfonamides is 1. The Kier molecular flexibility index (Phi) is 7.63. The van der Waals surface area contributed by atoms with Crippen LogP contribution in [0.15, 0.2) is 59.5 Å². The van der Waals surface area contributed by atoms with Crippen LogP contribution in [0.2, 0.25) is 5.02 Å². The Morgan fingerprint density at radius 2 is 1.73 bits per heavy atom. The Morgan fingerprint density at radius 1 is 1.08 bits per heavy atom. The number of halogens is 1. The van der Waals surface area contributed by atoms with Crippen molar-refractivity contribution >= 4 is 27.5 Å². The van der Waals surface area contributed by atoms with Gasteiger partial charge in [-0.05, 0) is 37.5 Å². The number of rotatable bonds is 9. The van der Waals surface area contributed by atoms with Crippen molar-refractivity contribution in [2.24, 2.45) is 0 Å². The first-order valence-corrected chi connectivity index (χ1v) is 10.3. The maximum absolute atomic E-state index is 12.2. The number of aryl methyl sites for hydroxylation is 1. The van der Waals surface area contributed by atoms with Crippen molar-refractivity contribution in [1.82, 2.24) is 10.0 Å². The SMILES string of the molecule is CC(CCc1ccccc1)NC(=O)CCNS(=O)(=O)c1ccccc1Cl. The number of carbonyl (C=O) groups is 1. The lowest BCUT2D eigenvalue weighted by Crippen LogP contribution is -2.35. The number of nitrogens with one attached hydrogen (secondary N) is 2. The van der Waals surface area contributed by atoms with Gasteiger partial charge in [0.2, 0.25) is 15.9 Å². The van der Waals surface area contributed by atoms with Crippen LogP contribution in [-0.4, -0.2) is 26.9 Å². The first kappa shape index (κ1) is 20.4. The fourth-order valence-electron chi connectivity index (χ4n) is 2.49. The van der Waals surface area contributed by atoms with Crippen LogP contribution in [0.25, 0.3) is 0 Å². The Labute approximate surface area is 159 Å². The zero-order valence-corrected chi connectivity index (χ0v) is 16.2. The van der Waals surface area contributed by atoms with Gasteiger partial charge in [-0.3, -0.25) is 4.79 Å². The van der Waals surface area contributed by atoms with Crippen LogP contribution in [0, 0.1) is 0 Å². The zero-order valence-electron chi connectivity index (χ0n) is 14.6. The summed E-state index contributed by atoms with van der Waals surface area (Å²) in [7, 11) is -3.72. The highest BCUT2D eigenvalue weighted by Gasteiger charge is 2.17. The average molecular weight is 395 g/mol. The molecule has 26 heavy (non-hydrogen) atoms. The van der Waals surface area contributed by atoms with Crippen LogP contribution < -0.4 is 10.0 Å². The summed E-state index contributed by atoms with van der Waals surface area (Å²) >= 11 is 5.91. The first-order chi connectivity index (χ1) is 12.4. The van der Waals surface area contributed by atoms with E-state index in [0.717, 1.165) is 12.8 Å². The zero-order chi connectivity index (χ0) is 19.0. The van der Waals surface area contributed by atoms with Crippen molar-refractivity contribution in [3.05, 3.63) is 65.2 Å². The summed E-state index contributed by atoms with van der Waals surface area (Å²) in [5.41, 5.74) is 1.22. The molecule has 0 saturated carbocycles. The highest BCUT2D eigenvalue weighted by molar-refractivity contribution is 7.89. The minimum absolute atomic E-state index is 0.0123.